The van der Waals surface area contributed by atoms with Gasteiger partial charge in [0.15, 0.2) is 0 Å². The van der Waals surface area contributed by atoms with E-state index in [1.54, 1.807) is 12.1 Å². The molecule has 0 radical (unpaired) electrons. The number of alkyl halides is 2. The fraction of sp³-hybridized carbons (Fsp3) is 0.667. The van der Waals surface area contributed by atoms with Crippen LogP contribution in [0.5, 0.6) is 5.75 Å². The predicted octanol–water partition coefficient (Wildman–Crippen LogP) is 2.71. The summed E-state index contributed by atoms with van der Waals surface area (Å²) in [6.45, 7) is 2.28. The Morgan fingerprint density at radius 2 is 1.88 bits per heavy atom. The smallest absolute Gasteiger partial charge is 0.387 e. The van der Waals surface area contributed by atoms with E-state index in [1.807, 2.05) is 6.07 Å². The zero-order chi connectivity index (χ0) is 17.0. The van der Waals surface area contributed by atoms with Crippen LogP contribution in [0.2, 0.25) is 0 Å². The molecule has 2 heterocycles. The van der Waals surface area contributed by atoms with Gasteiger partial charge in [-0.15, -0.1) is 0 Å². The summed E-state index contributed by atoms with van der Waals surface area (Å²) < 4.78 is 29.1. The number of hydrogen-bond donors (Lipinski definition) is 1. The molecular formula is C18H26F2N2O2. The molecule has 2 fully saturated rings. The molecule has 0 bridgehead atoms. The highest BCUT2D eigenvalue weighted by atomic mass is 19.3. The van der Waals surface area contributed by atoms with Gasteiger partial charge in [0.1, 0.15) is 5.75 Å². The molecule has 0 aliphatic carbocycles. The van der Waals surface area contributed by atoms with Gasteiger partial charge in [-0.3, -0.25) is 4.90 Å². The van der Waals surface area contributed by atoms with Crippen LogP contribution in [0, 0.1) is 0 Å². The van der Waals surface area contributed by atoms with Crippen LogP contribution in [0.25, 0.3) is 0 Å². The van der Waals surface area contributed by atoms with E-state index in [4.69, 9.17) is 0 Å². The Morgan fingerprint density at radius 3 is 2.62 bits per heavy atom. The van der Waals surface area contributed by atoms with Crippen LogP contribution >= 0.6 is 0 Å². The summed E-state index contributed by atoms with van der Waals surface area (Å²) in [6, 6.07) is 6.83. The molecule has 6 heteroatoms. The molecular weight excluding hydrogens is 314 g/mol. The summed E-state index contributed by atoms with van der Waals surface area (Å²) in [5, 5.41) is 10.9. The highest BCUT2D eigenvalue weighted by molar-refractivity contribution is 5.28. The number of benzene rings is 1. The fourth-order valence-corrected chi connectivity index (χ4v) is 3.91. The Kier molecular flexibility index (Phi) is 5.69. The molecule has 0 spiro atoms. The zero-order valence-corrected chi connectivity index (χ0v) is 14.0. The number of halogens is 2. The monoisotopic (exact) mass is 340 g/mol. The van der Waals surface area contributed by atoms with Gasteiger partial charge in [-0.2, -0.15) is 8.78 Å². The number of β-amino-alcohol motifs (C(OH)–C–C–N with tert-alkyl or cyclic N) is 1. The second-order valence-electron chi connectivity index (χ2n) is 7.05. The standard InChI is InChI=1S/C18H26F2N2O2/c19-17(20)24-16-6-3-5-15(11-16)12-22-10-4-7-18(23,14-22)13-21-8-1-2-9-21/h3,5-6,11,17,23H,1-2,4,7-10,12-14H2/t18-/m0/s1. The second kappa shape index (κ2) is 7.76. The molecule has 0 saturated carbocycles. The topological polar surface area (TPSA) is 35.9 Å². The minimum Gasteiger partial charge on any atom is -0.435 e. The van der Waals surface area contributed by atoms with Crippen LogP contribution in [-0.4, -0.2) is 59.8 Å². The minimum absolute atomic E-state index is 0.187. The number of hydrogen-bond acceptors (Lipinski definition) is 4. The minimum atomic E-state index is -2.80. The van der Waals surface area contributed by atoms with Crippen LogP contribution in [0.15, 0.2) is 24.3 Å². The normalized spacial score (nSPS) is 26.2. The van der Waals surface area contributed by atoms with Gasteiger partial charge in [-0.25, -0.2) is 0 Å². The van der Waals surface area contributed by atoms with E-state index in [9.17, 15) is 13.9 Å². The Balaban J connectivity index is 1.58. The molecule has 1 N–H and O–H groups in total. The molecule has 0 amide bonds. The lowest BCUT2D eigenvalue weighted by molar-refractivity contribution is -0.0523. The van der Waals surface area contributed by atoms with Crippen molar-refractivity contribution < 1.29 is 18.6 Å². The highest BCUT2D eigenvalue weighted by Crippen LogP contribution is 2.26. The predicted molar refractivity (Wildman–Crippen MR) is 88.2 cm³/mol. The van der Waals surface area contributed by atoms with E-state index in [0.29, 0.717) is 13.1 Å². The van der Waals surface area contributed by atoms with Crippen molar-refractivity contribution in [1.29, 1.82) is 0 Å². The quantitative estimate of drug-likeness (QED) is 0.864. The van der Waals surface area contributed by atoms with Gasteiger partial charge < -0.3 is 14.7 Å². The first-order valence-corrected chi connectivity index (χ1v) is 8.73. The van der Waals surface area contributed by atoms with Crippen LogP contribution < -0.4 is 4.74 Å². The summed E-state index contributed by atoms with van der Waals surface area (Å²) in [7, 11) is 0. The average Bonchev–Trinajstić information content (AvgIpc) is 2.99. The summed E-state index contributed by atoms with van der Waals surface area (Å²) in [4.78, 5) is 4.56. The van der Waals surface area contributed by atoms with Gasteiger partial charge in [-0.05, 0) is 63.0 Å². The maximum absolute atomic E-state index is 12.3. The lowest BCUT2D eigenvalue weighted by Gasteiger charge is -2.41. The summed E-state index contributed by atoms with van der Waals surface area (Å²) in [5.74, 6) is 0.187. The molecule has 2 aliphatic heterocycles. The van der Waals surface area contributed by atoms with E-state index in [-0.39, 0.29) is 5.75 Å². The lowest BCUT2D eigenvalue weighted by Crippen LogP contribution is -2.53. The third-order valence-electron chi connectivity index (χ3n) is 4.88. The molecule has 24 heavy (non-hydrogen) atoms. The van der Waals surface area contributed by atoms with E-state index < -0.39 is 12.2 Å². The van der Waals surface area contributed by atoms with E-state index in [1.165, 1.54) is 18.9 Å². The summed E-state index contributed by atoms with van der Waals surface area (Å²) in [6.07, 6.45) is 4.22. The molecule has 2 saturated heterocycles. The first-order valence-electron chi connectivity index (χ1n) is 8.73. The number of likely N-dealkylation sites (tertiary alicyclic amines) is 2. The van der Waals surface area contributed by atoms with Crippen molar-refractivity contribution in [1.82, 2.24) is 9.80 Å². The van der Waals surface area contributed by atoms with E-state index in [2.05, 4.69) is 14.5 Å². The van der Waals surface area contributed by atoms with Crippen molar-refractivity contribution in [2.24, 2.45) is 0 Å². The Hall–Kier alpha value is -1.24. The van der Waals surface area contributed by atoms with E-state index >= 15 is 0 Å². The van der Waals surface area contributed by atoms with Gasteiger partial charge in [0.2, 0.25) is 0 Å². The molecule has 4 nitrogen and oxygen atoms in total. The van der Waals surface area contributed by atoms with Crippen LogP contribution in [-0.2, 0) is 6.54 Å². The first kappa shape index (κ1) is 17.6. The SMILES string of the molecule is O[C@]1(CN2CCCC2)CCCN(Cc2cccc(OC(F)F)c2)C1. The number of piperidine rings is 1. The Morgan fingerprint density at radius 1 is 1.12 bits per heavy atom. The van der Waals surface area contributed by atoms with E-state index in [0.717, 1.165) is 44.6 Å². The summed E-state index contributed by atoms with van der Waals surface area (Å²) >= 11 is 0. The summed E-state index contributed by atoms with van der Waals surface area (Å²) in [5.41, 5.74) is 0.262. The Bertz CT molecular complexity index is 538. The number of rotatable bonds is 6. The molecule has 2 aliphatic rings. The van der Waals surface area contributed by atoms with Crippen molar-refractivity contribution in [2.75, 3.05) is 32.7 Å². The Labute approximate surface area is 142 Å². The van der Waals surface area contributed by atoms with Gasteiger partial charge in [0, 0.05) is 19.6 Å². The zero-order valence-electron chi connectivity index (χ0n) is 14.0. The van der Waals surface area contributed by atoms with Crippen molar-refractivity contribution in [3.8, 4) is 5.75 Å². The maximum Gasteiger partial charge on any atom is 0.387 e. The fourth-order valence-electron chi connectivity index (χ4n) is 3.91. The molecule has 1 aromatic carbocycles. The third-order valence-corrected chi connectivity index (χ3v) is 4.88. The maximum atomic E-state index is 12.3. The van der Waals surface area contributed by atoms with Crippen molar-refractivity contribution in [3.63, 3.8) is 0 Å². The molecule has 134 valence electrons. The molecule has 0 aromatic heterocycles. The molecule has 3 rings (SSSR count). The van der Waals surface area contributed by atoms with Crippen molar-refractivity contribution >= 4 is 0 Å². The lowest BCUT2D eigenvalue weighted by atomic mass is 9.92. The largest absolute Gasteiger partial charge is 0.435 e. The average molecular weight is 340 g/mol. The van der Waals surface area contributed by atoms with Crippen molar-refractivity contribution in [3.05, 3.63) is 29.8 Å². The van der Waals surface area contributed by atoms with Crippen LogP contribution in [0.4, 0.5) is 8.78 Å². The van der Waals surface area contributed by atoms with Gasteiger partial charge >= 0.3 is 6.61 Å². The highest BCUT2D eigenvalue weighted by Gasteiger charge is 2.35. The number of ether oxygens (including phenoxy) is 1. The van der Waals surface area contributed by atoms with Gasteiger partial charge in [-0.1, -0.05) is 12.1 Å². The number of nitrogens with zero attached hydrogens (tertiary/aromatic N) is 2. The van der Waals surface area contributed by atoms with Crippen LogP contribution in [0.1, 0.15) is 31.2 Å². The molecule has 1 aromatic rings. The van der Waals surface area contributed by atoms with Crippen molar-refractivity contribution in [2.45, 2.75) is 44.4 Å². The van der Waals surface area contributed by atoms with Crippen LogP contribution in [0.3, 0.4) is 0 Å². The van der Waals surface area contributed by atoms with Gasteiger partial charge in [0.05, 0.1) is 5.60 Å². The molecule has 0 unspecified atom stereocenters. The third kappa shape index (κ3) is 4.88. The molecule has 1 atom stereocenters. The first-order chi connectivity index (χ1) is 11.5. The number of aliphatic hydroxyl groups is 1. The van der Waals surface area contributed by atoms with Gasteiger partial charge in [0.25, 0.3) is 0 Å². The second-order valence-corrected chi connectivity index (χ2v) is 7.05.